The van der Waals surface area contributed by atoms with Crippen molar-refractivity contribution in [2.24, 2.45) is 0 Å². The molecule has 0 spiro atoms. The Balaban J connectivity index is 2.31. The number of hydrogen-bond donors (Lipinski definition) is 0. The SMILES string of the molecule is CCC[CH2][Sn](=[O])[O]C(=O)CCc1cccc(Cl)c1. The van der Waals surface area contributed by atoms with Gasteiger partial charge >= 0.3 is 121 Å². The molecule has 0 unspecified atom stereocenters. The van der Waals surface area contributed by atoms with Gasteiger partial charge in [-0.05, 0) is 0 Å². The standard InChI is InChI=1S/C9H9ClO2.C4H9.O.Sn/c10-8-3-1-2-7(6-8)4-5-9(11)12;1-3-4-2;;/h1-3,6H,4-5H2,(H,11,12);1,3-4H2,2H3;;/q;;;+1/p-1. The van der Waals surface area contributed by atoms with Crippen molar-refractivity contribution in [2.45, 2.75) is 37.0 Å². The second-order valence-electron chi connectivity index (χ2n) is 4.08. The Morgan fingerprint density at radius 1 is 1.44 bits per heavy atom. The Morgan fingerprint density at radius 2 is 2.22 bits per heavy atom. The third kappa shape index (κ3) is 6.49. The van der Waals surface area contributed by atoms with Crippen LogP contribution in [0.15, 0.2) is 24.3 Å². The van der Waals surface area contributed by atoms with E-state index in [4.69, 9.17) is 14.7 Å². The number of hydrogen-bond acceptors (Lipinski definition) is 3. The van der Waals surface area contributed by atoms with Gasteiger partial charge in [0.25, 0.3) is 0 Å². The number of unbranched alkanes of at least 4 members (excludes halogenated alkanes) is 1. The number of rotatable bonds is 7. The zero-order chi connectivity index (χ0) is 13.4. The summed E-state index contributed by atoms with van der Waals surface area (Å²) < 4.78 is 17.1. The molecule has 0 N–H and O–H groups in total. The first kappa shape index (κ1) is 15.6. The molecule has 0 aromatic heterocycles. The zero-order valence-electron chi connectivity index (χ0n) is 10.4. The minimum atomic E-state index is -3.09. The summed E-state index contributed by atoms with van der Waals surface area (Å²) in [5.41, 5.74) is 0.990. The average Bonchev–Trinajstić information content (AvgIpc) is 2.34. The van der Waals surface area contributed by atoms with Crippen molar-refractivity contribution in [2.75, 3.05) is 0 Å². The second kappa shape index (κ2) is 8.64. The number of carbonyl (C=O) groups is 1. The molecule has 0 aliphatic carbocycles. The van der Waals surface area contributed by atoms with E-state index in [1.54, 1.807) is 6.07 Å². The minimum absolute atomic E-state index is 0.263. The van der Waals surface area contributed by atoms with Crippen LogP contribution in [-0.4, -0.2) is 26.1 Å². The molecule has 0 bridgehead atoms. The van der Waals surface area contributed by atoms with Gasteiger partial charge in [0.2, 0.25) is 0 Å². The quantitative estimate of drug-likeness (QED) is 0.685. The molecular weight excluding hydrogens is 358 g/mol. The summed E-state index contributed by atoms with van der Waals surface area (Å²) in [5.74, 6) is -0.351. The molecule has 98 valence electrons. The Kier molecular flexibility index (Phi) is 7.51. The van der Waals surface area contributed by atoms with Gasteiger partial charge in [-0.2, -0.15) is 0 Å². The monoisotopic (exact) mass is 376 g/mol. The van der Waals surface area contributed by atoms with E-state index in [0.29, 0.717) is 15.9 Å². The molecular formula is C13H17ClO3Sn. The Labute approximate surface area is 120 Å². The van der Waals surface area contributed by atoms with Gasteiger partial charge in [-0.15, -0.1) is 0 Å². The van der Waals surface area contributed by atoms with Crippen LogP contribution in [0, 0.1) is 0 Å². The summed E-state index contributed by atoms with van der Waals surface area (Å²) in [4.78, 5) is 11.5. The van der Waals surface area contributed by atoms with Crippen LogP contribution in [0.5, 0.6) is 0 Å². The van der Waals surface area contributed by atoms with E-state index in [9.17, 15) is 7.87 Å². The van der Waals surface area contributed by atoms with E-state index in [2.05, 4.69) is 0 Å². The van der Waals surface area contributed by atoms with Crippen molar-refractivity contribution in [1.29, 1.82) is 0 Å². The maximum atomic E-state index is 11.5. The molecule has 0 aliphatic heterocycles. The molecule has 1 aromatic carbocycles. The normalized spacial score (nSPS) is 10.1. The van der Waals surface area contributed by atoms with Crippen molar-refractivity contribution in [3.05, 3.63) is 34.9 Å². The molecule has 3 nitrogen and oxygen atoms in total. The molecule has 1 rings (SSSR count). The molecule has 0 atom stereocenters. The van der Waals surface area contributed by atoms with E-state index < -0.39 is 20.2 Å². The molecule has 0 amide bonds. The predicted molar refractivity (Wildman–Crippen MR) is 72.0 cm³/mol. The summed E-state index contributed by atoms with van der Waals surface area (Å²) >= 11 is 2.76. The van der Waals surface area contributed by atoms with E-state index in [1.807, 2.05) is 25.1 Å². The van der Waals surface area contributed by atoms with Gasteiger partial charge in [-0.3, -0.25) is 0 Å². The fourth-order valence-corrected chi connectivity index (χ4v) is 4.84. The van der Waals surface area contributed by atoms with Crippen LogP contribution in [-0.2, 0) is 17.4 Å². The van der Waals surface area contributed by atoms with Crippen molar-refractivity contribution in [1.82, 2.24) is 0 Å². The van der Waals surface area contributed by atoms with E-state index >= 15 is 0 Å². The summed E-state index contributed by atoms with van der Waals surface area (Å²) in [6.45, 7) is 2.03. The molecule has 18 heavy (non-hydrogen) atoms. The van der Waals surface area contributed by atoms with Gasteiger partial charge in [0.05, 0.1) is 0 Å². The molecule has 0 aliphatic rings. The van der Waals surface area contributed by atoms with Crippen LogP contribution in [0.25, 0.3) is 0 Å². The molecule has 0 fully saturated rings. The average molecular weight is 375 g/mol. The third-order valence-electron chi connectivity index (χ3n) is 2.47. The van der Waals surface area contributed by atoms with Gasteiger partial charge in [-0.25, -0.2) is 0 Å². The van der Waals surface area contributed by atoms with E-state index in [1.165, 1.54) is 0 Å². The topological polar surface area (TPSA) is 43.4 Å². The van der Waals surface area contributed by atoms with Crippen LogP contribution in [0.3, 0.4) is 0 Å². The Bertz CT molecular complexity index is 420. The third-order valence-corrected chi connectivity index (χ3v) is 6.18. The first-order chi connectivity index (χ1) is 8.61. The first-order valence-electron chi connectivity index (χ1n) is 6.09. The second-order valence-corrected chi connectivity index (χ2v) is 8.65. The van der Waals surface area contributed by atoms with Crippen molar-refractivity contribution < 1.29 is 10.9 Å². The van der Waals surface area contributed by atoms with Gasteiger partial charge in [0, 0.05) is 0 Å². The van der Waals surface area contributed by atoms with Crippen molar-refractivity contribution in [3.63, 3.8) is 0 Å². The summed E-state index contributed by atoms with van der Waals surface area (Å²) in [5, 5.41) is 0.656. The van der Waals surface area contributed by atoms with E-state index in [-0.39, 0.29) is 12.4 Å². The van der Waals surface area contributed by atoms with Crippen molar-refractivity contribution >= 4 is 37.7 Å². The van der Waals surface area contributed by atoms with E-state index in [0.717, 1.165) is 18.4 Å². The molecule has 0 saturated carbocycles. The summed E-state index contributed by atoms with van der Waals surface area (Å²) in [6, 6.07) is 7.37. The van der Waals surface area contributed by atoms with Crippen LogP contribution in [0.4, 0.5) is 0 Å². The molecule has 0 heterocycles. The summed E-state index contributed by atoms with van der Waals surface area (Å²) in [7, 11) is 0. The van der Waals surface area contributed by atoms with Crippen molar-refractivity contribution in [3.8, 4) is 0 Å². The van der Waals surface area contributed by atoms with Crippen LogP contribution in [0.1, 0.15) is 31.7 Å². The number of aryl methyl sites for hydroxylation is 1. The van der Waals surface area contributed by atoms with Gasteiger partial charge in [0.1, 0.15) is 0 Å². The van der Waals surface area contributed by atoms with Gasteiger partial charge < -0.3 is 0 Å². The Morgan fingerprint density at radius 3 is 2.89 bits per heavy atom. The first-order valence-corrected chi connectivity index (χ1v) is 10.8. The molecule has 1 aromatic rings. The summed E-state index contributed by atoms with van der Waals surface area (Å²) in [6.07, 6.45) is 2.69. The number of benzene rings is 1. The Hall–Kier alpha value is -0.421. The maximum absolute atomic E-state index is 11.5. The van der Waals surface area contributed by atoms with Crippen LogP contribution >= 0.6 is 11.6 Å². The fraction of sp³-hybridized carbons (Fsp3) is 0.462. The van der Waals surface area contributed by atoms with Gasteiger partial charge in [-0.1, -0.05) is 0 Å². The van der Waals surface area contributed by atoms with Gasteiger partial charge in [0.15, 0.2) is 0 Å². The molecule has 5 heteroatoms. The number of carbonyl (C=O) groups excluding carboxylic acids is 1. The van der Waals surface area contributed by atoms with Crippen LogP contribution in [0.2, 0.25) is 9.46 Å². The zero-order valence-corrected chi connectivity index (χ0v) is 14.1. The number of halogens is 1. The predicted octanol–water partition coefficient (Wildman–Crippen LogP) is 3.53. The molecule has 0 radical (unpaired) electrons. The van der Waals surface area contributed by atoms with Crippen LogP contribution < -0.4 is 0 Å². The fourth-order valence-electron chi connectivity index (χ4n) is 1.49. The molecule has 0 saturated heterocycles.